The first-order valence-corrected chi connectivity index (χ1v) is 18.0. The first kappa shape index (κ1) is 44.1. The monoisotopic (exact) mass is 766 g/mol. The molecule has 1 N–H and O–H groups in total. The maximum absolute atomic E-state index is 15.0. The number of Topliss-reactive ketones (excluding diaryl/α,β-unsaturated/α-hetero) is 1. The Morgan fingerprint density at radius 2 is 1.33 bits per heavy atom. The highest BCUT2D eigenvalue weighted by Crippen LogP contribution is 2.56. The zero-order valence-corrected chi connectivity index (χ0v) is 33.0. The van der Waals surface area contributed by atoms with Crippen molar-refractivity contribution in [3.63, 3.8) is 0 Å². The molecular weight excluding hydrogens is 712 g/mol. The highest BCUT2D eigenvalue weighted by Gasteiger charge is 2.75. The summed E-state index contributed by atoms with van der Waals surface area (Å²) in [5.74, 6) is -12.1. The second-order valence-electron chi connectivity index (χ2n) is 15.9. The third-order valence-electron chi connectivity index (χ3n) is 10.1. The van der Waals surface area contributed by atoms with Crippen LogP contribution in [0.3, 0.4) is 0 Å². The van der Waals surface area contributed by atoms with Gasteiger partial charge in [-0.1, -0.05) is 60.6 Å². The molecule has 54 heavy (non-hydrogen) atoms. The van der Waals surface area contributed by atoms with Crippen LogP contribution >= 0.6 is 0 Å². The van der Waals surface area contributed by atoms with E-state index in [-0.39, 0.29) is 0 Å². The second kappa shape index (κ2) is 16.2. The van der Waals surface area contributed by atoms with Crippen LogP contribution in [0.25, 0.3) is 0 Å². The van der Waals surface area contributed by atoms with Crippen molar-refractivity contribution in [2.75, 3.05) is 0 Å². The Balaban J connectivity index is 2.72. The van der Waals surface area contributed by atoms with Crippen molar-refractivity contribution >= 4 is 47.6 Å². The molecule has 2 fully saturated rings. The van der Waals surface area contributed by atoms with Crippen LogP contribution in [0.2, 0.25) is 0 Å². The summed E-state index contributed by atoms with van der Waals surface area (Å²) in [6, 6.07) is 0. The lowest BCUT2D eigenvalue weighted by Crippen LogP contribution is -2.72. The lowest BCUT2D eigenvalue weighted by Gasteiger charge is -2.53. The molecule has 302 valence electrons. The first-order valence-electron chi connectivity index (χ1n) is 18.0. The molecule has 0 bridgehead atoms. The Kier molecular flexibility index (Phi) is 13.2. The van der Waals surface area contributed by atoms with Gasteiger partial charge in [0.05, 0.1) is 17.8 Å². The number of hydrogen-bond donors (Lipinski definition) is 1. The van der Waals surface area contributed by atoms with E-state index in [0.717, 1.165) is 27.7 Å². The Morgan fingerprint density at radius 1 is 0.778 bits per heavy atom. The van der Waals surface area contributed by atoms with E-state index in [1.165, 1.54) is 53.7 Å². The second-order valence-corrected chi connectivity index (χ2v) is 15.9. The number of allylic oxidation sites excluding steroid dienone is 1. The number of esters is 7. The molecule has 10 atom stereocenters. The van der Waals surface area contributed by atoms with Gasteiger partial charge < -0.3 is 38.3 Å². The topological polar surface area (TPSA) is 221 Å². The van der Waals surface area contributed by atoms with Crippen molar-refractivity contribution in [2.45, 2.75) is 150 Å². The minimum absolute atomic E-state index is 0.499. The number of rotatable bonds is 8. The molecule has 1 aliphatic heterocycles. The van der Waals surface area contributed by atoms with Gasteiger partial charge in [-0.2, -0.15) is 0 Å². The van der Waals surface area contributed by atoms with E-state index in [9.17, 15) is 43.5 Å². The number of aliphatic hydroxyl groups is 1. The number of ether oxygens (including phenoxy) is 7. The standard InChI is InChI=1S/C38H54O16/c1-18(2)33(46)51-32-27(48-21(6)39)31(49-22(7)40)35(10,11)15-13-20(5)28(44)38(53-24(9)42)17-36(12,52-23(8)41)29(45)26(38)30-37(32,16-14-25(43)50-30)54-34(47)19(3)4/h13,15,18-20,26-27,29-32,45H,14,16-17H2,1-12H3/b15-13+/t20-,26+,27-,29+,30+,31+,32+,36+,37-,38+/m0/s1. The number of hydrogen-bond acceptors (Lipinski definition) is 16. The fourth-order valence-corrected chi connectivity index (χ4v) is 7.73. The molecule has 0 aromatic rings. The molecule has 0 aromatic heterocycles. The SMILES string of the molecule is CC(=O)O[C@H]1[C@@H](OC(C)=O)C(C)(C)/C=C/[C@H](C)C(=O)[C@@]2(OC(C)=O)C[C@@](C)(OC(C)=O)[C@H](O)[C@@H]2[C@H]2OC(=O)CC[C@@]2(OC(=O)C(C)C)[C@@H]1OC(=O)C(C)C. The molecule has 0 radical (unpaired) electrons. The highest BCUT2D eigenvalue weighted by molar-refractivity contribution is 5.94. The normalized spacial score (nSPS) is 35.5. The molecule has 16 nitrogen and oxygen atoms in total. The summed E-state index contributed by atoms with van der Waals surface area (Å²) in [6.07, 6.45) is -8.14. The number of aliphatic hydroxyl groups excluding tert-OH is 1. The van der Waals surface area contributed by atoms with E-state index in [1.54, 1.807) is 13.8 Å². The average Bonchev–Trinajstić information content (AvgIpc) is 3.24. The van der Waals surface area contributed by atoms with Gasteiger partial charge in [0.2, 0.25) is 0 Å². The third-order valence-corrected chi connectivity index (χ3v) is 10.1. The Bertz CT molecular complexity index is 1560. The van der Waals surface area contributed by atoms with E-state index in [2.05, 4.69) is 0 Å². The van der Waals surface area contributed by atoms with Gasteiger partial charge in [-0.3, -0.25) is 38.4 Å². The smallest absolute Gasteiger partial charge is 0.309 e. The molecule has 0 amide bonds. The van der Waals surface area contributed by atoms with Gasteiger partial charge in [-0.05, 0) is 6.92 Å². The number of ketones is 1. The Labute approximate surface area is 314 Å². The van der Waals surface area contributed by atoms with Crippen LogP contribution in [0.15, 0.2) is 12.2 Å². The van der Waals surface area contributed by atoms with E-state index in [4.69, 9.17) is 33.2 Å². The van der Waals surface area contributed by atoms with Gasteiger partial charge in [0.25, 0.3) is 0 Å². The lowest BCUT2D eigenvalue weighted by atomic mass is 9.66. The Hall–Kier alpha value is -4.34. The van der Waals surface area contributed by atoms with Crippen LogP contribution in [0.5, 0.6) is 0 Å². The van der Waals surface area contributed by atoms with Crippen molar-refractivity contribution < 1.29 is 76.6 Å². The predicted molar refractivity (Wildman–Crippen MR) is 184 cm³/mol. The summed E-state index contributed by atoms with van der Waals surface area (Å²) in [6.45, 7) is 16.1. The molecule has 1 saturated carbocycles. The molecule has 3 rings (SSSR count). The summed E-state index contributed by atoms with van der Waals surface area (Å²) in [5, 5.41) is 12.4. The van der Waals surface area contributed by atoms with Gasteiger partial charge in [-0.15, -0.1) is 0 Å². The van der Waals surface area contributed by atoms with Crippen molar-refractivity contribution in [1.29, 1.82) is 0 Å². The summed E-state index contributed by atoms with van der Waals surface area (Å²) in [7, 11) is 0. The minimum atomic E-state index is -2.47. The molecular formula is C38H54O16. The molecule has 16 heteroatoms. The van der Waals surface area contributed by atoms with Crippen LogP contribution < -0.4 is 0 Å². The van der Waals surface area contributed by atoms with Crippen molar-refractivity contribution in [1.82, 2.24) is 0 Å². The van der Waals surface area contributed by atoms with E-state index in [0.29, 0.717) is 0 Å². The minimum Gasteiger partial charge on any atom is -0.458 e. The quantitative estimate of drug-likeness (QED) is 0.213. The van der Waals surface area contributed by atoms with E-state index < -0.39 is 143 Å². The lowest BCUT2D eigenvalue weighted by molar-refractivity contribution is -0.273. The largest absolute Gasteiger partial charge is 0.458 e. The van der Waals surface area contributed by atoms with Crippen LogP contribution in [0.4, 0.5) is 0 Å². The van der Waals surface area contributed by atoms with Crippen LogP contribution in [-0.4, -0.2) is 100.0 Å². The molecule has 2 aliphatic carbocycles. The number of carbonyl (C=O) groups excluding carboxylic acids is 8. The van der Waals surface area contributed by atoms with Gasteiger partial charge in [0, 0.05) is 58.3 Å². The third kappa shape index (κ3) is 8.79. The van der Waals surface area contributed by atoms with Gasteiger partial charge >= 0.3 is 41.8 Å². The predicted octanol–water partition coefficient (Wildman–Crippen LogP) is 2.87. The highest BCUT2D eigenvalue weighted by atomic mass is 16.7. The summed E-state index contributed by atoms with van der Waals surface area (Å²) < 4.78 is 41.8. The van der Waals surface area contributed by atoms with Gasteiger partial charge in [0.1, 0.15) is 11.7 Å². The van der Waals surface area contributed by atoms with E-state index in [1.807, 2.05) is 0 Å². The summed E-state index contributed by atoms with van der Waals surface area (Å²) in [4.78, 5) is 108. The molecule has 1 heterocycles. The fourth-order valence-electron chi connectivity index (χ4n) is 7.73. The Morgan fingerprint density at radius 3 is 1.83 bits per heavy atom. The zero-order chi connectivity index (χ0) is 41.3. The molecule has 0 unspecified atom stereocenters. The molecule has 3 aliphatic rings. The molecule has 0 spiro atoms. The number of fused-ring (bicyclic) bond motifs is 3. The maximum atomic E-state index is 15.0. The maximum Gasteiger partial charge on any atom is 0.309 e. The first-order chi connectivity index (χ1) is 24.7. The summed E-state index contributed by atoms with van der Waals surface area (Å²) in [5.41, 5.74) is -8.30. The van der Waals surface area contributed by atoms with Crippen LogP contribution in [-0.2, 0) is 71.5 Å². The molecule has 0 aromatic carbocycles. The van der Waals surface area contributed by atoms with Crippen LogP contribution in [0.1, 0.15) is 102 Å². The number of carbonyl (C=O) groups is 8. The average molecular weight is 767 g/mol. The van der Waals surface area contributed by atoms with E-state index >= 15 is 0 Å². The van der Waals surface area contributed by atoms with Crippen molar-refractivity contribution in [3.8, 4) is 0 Å². The van der Waals surface area contributed by atoms with Crippen molar-refractivity contribution in [2.24, 2.45) is 29.1 Å². The van der Waals surface area contributed by atoms with Crippen LogP contribution in [0, 0.1) is 29.1 Å². The van der Waals surface area contributed by atoms with Gasteiger partial charge in [0.15, 0.2) is 41.4 Å². The fraction of sp³-hybridized carbons (Fsp3) is 0.737. The molecule has 1 saturated heterocycles. The zero-order valence-electron chi connectivity index (χ0n) is 33.0. The van der Waals surface area contributed by atoms with Gasteiger partial charge in [-0.25, -0.2) is 0 Å². The van der Waals surface area contributed by atoms with Crippen molar-refractivity contribution in [3.05, 3.63) is 12.2 Å². The summed E-state index contributed by atoms with van der Waals surface area (Å²) >= 11 is 0.